The predicted molar refractivity (Wildman–Crippen MR) is 67.8 cm³/mol. The van der Waals surface area contributed by atoms with Gasteiger partial charge in [0.2, 0.25) is 11.7 Å². The Kier molecular flexibility index (Phi) is 5.64. The average molecular weight is 336 g/mol. The van der Waals surface area contributed by atoms with Crippen molar-refractivity contribution in [2.24, 2.45) is 5.84 Å². The molecule has 0 aliphatic rings. The van der Waals surface area contributed by atoms with Crippen LogP contribution < -0.4 is 16.0 Å². The van der Waals surface area contributed by atoms with Gasteiger partial charge >= 0.3 is 5.69 Å². The van der Waals surface area contributed by atoms with E-state index in [9.17, 15) is 19.3 Å². The van der Waals surface area contributed by atoms with E-state index in [1.807, 2.05) is 5.43 Å². The second-order valence-corrected chi connectivity index (χ2v) is 4.37. The summed E-state index contributed by atoms with van der Waals surface area (Å²) < 4.78 is 18.4. The topological polar surface area (TPSA) is 107 Å². The van der Waals surface area contributed by atoms with Crippen LogP contribution in [-0.2, 0) is 4.79 Å². The molecule has 104 valence electrons. The van der Waals surface area contributed by atoms with Gasteiger partial charge in [0, 0.05) is 6.42 Å². The van der Waals surface area contributed by atoms with Crippen molar-refractivity contribution in [3.05, 3.63) is 32.5 Å². The predicted octanol–water partition coefficient (Wildman–Crippen LogP) is 1.65. The summed E-state index contributed by atoms with van der Waals surface area (Å²) in [6.07, 6.45) is 0.452. The van der Waals surface area contributed by atoms with Crippen molar-refractivity contribution in [2.45, 2.75) is 12.8 Å². The zero-order valence-electron chi connectivity index (χ0n) is 9.69. The lowest BCUT2D eigenvalue weighted by molar-refractivity contribution is -0.386. The first kappa shape index (κ1) is 15.3. The fourth-order valence-corrected chi connectivity index (χ4v) is 1.84. The highest BCUT2D eigenvalue weighted by molar-refractivity contribution is 9.10. The largest absolute Gasteiger partial charge is 0.486 e. The van der Waals surface area contributed by atoms with Crippen molar-refractivity contribution in [1.82, 2.24) is 5.43 Å². The zero-order valence-corrected chi connectivity index (χ0v) is 11.3. The summed E-state index contributed by atoms with van der Waals surface area (Å²) >= 11 is 2.99. The molecule has 0 fully saturated rings. The number of nitro benzene ring substituents is 1. The van der Waals surface area contributed by atoms with E-state index in [4.69, 9.17) is 10.6 Å². The smallest absolute Gasteiger partial charge is 0.315 e. The van der Waals surface area contributed by atoms with E-state index < -0.39 is 16.4 Å². The van der Waals surface area contributed by atoms with E-state index in [1.165, 1.54) is 0 Å². The molecule has 0 spiro atoms. The second-order valence-electron chi connectivity index (χ2n) is 3.51. The van der Waals surface area contributed by atoms with Gasteiger partial charge in [0.05, 0.1) is 22.1 Å². The van der Waals surface area contributed by atoms with Gasteiger partial charge in [-0.3, -0.25) is 20.3 Å². The molecule has 0 radical (unpaired) electrons. The Bertz CT molecular complexity index is 498. The molecular weight excluding hydrogens is 325 g/mol. The van der Waals surface area contributed by atoms with Gasteiger partial charge < -0.3 is 4.74 Å². The third-order valence-electron chi connectivity index (χ3n) is 2.14. The number of nitrogens with one attached hydrogen (secondary N) is 1. The number of rotatable bonds is 6. The maximum atomic E-state index is 13.1. The van der Waals surface area contributed by atoms with Crippen molar-refractivity contribution >= 4 is 27.5 Å². The summed E-state index contributed by atoms with van der Waals surface area (Å²) in [7, 11) is 0. The zero-order chi connectivity index (χ0) is 14.4. The fourth-order valence-electron chi connectivity index (χ4n) is 1.30. The first-order chi connectivity index (χ1) is 8.95. The summed E-state index contributed by atoms with van der Waals surface area (Å²) in [4.78, 5) is 20.9. The Hall–Kier alpha value is -1.74. The van der Waals surface area contributed by atoms with Gasteiger partial charge in [-0.2, -0.15) is 0 Å². The van der Waals surface area contributed by atoms with Gasteiger partial charge in [0.15, 0.2) is 0 Å². The van der Waals surface area contributed by atoms with Crippen molar-refractivity contribution in [2.75, 3.05) is 6.61 Å². The lowest BCUT2D eigenvalue weighted by Crippen LogP contribution is -2.30. The van der Waals surface area contributed by atoms with Crippen LogP contribution in [0.2, 0.25) is 0 Å². The number of nitro groups is 1. The maximum absolute atomic E-state index is 13.1. The van der Waals surface area contributed by atoms with Crippen LogP contribution in [-0.4, -0.2) is 17.4 Å². The van der Waals surface area contributed by atoms with Crippen LogP contribution in [0.15, 0.2) is 16.6 Å². The van der Waals surface area contributed by atoms with Crippen molar-refractivity contribution in [1.29, 1.82) is 0 Å². The molecule has 7 nitrogen and oxygen atoms in total. The highest BCUT2D eigenvalue weighted by atomic mass is 79.9. The van der Waals surface area contributed by atoms with Gasteiger partial charge in [-0.1, -0.05) is 0 Å². The molecule has 1 aromatic rings. The molecule has 1 aromatic carbocycles. The minimum Gasteiger partial charge on any atom is -0.486 e. The molecule has 0 atom stereocenters. The molecule has 0 aliphatic heterocycles. The number of amides is 1. The monoisotopic (exact) mass is 335 g/mol. The van der Waals surface area contributed by atoms with Crippen LogP contribution >= 0.6 is 15.9 Å². The van der Waals surface area contributed by atoms with Crippen molar-refractivity contribution in [3.8, 4) is 5.75 Å². The Morgan fingerprint density at radius 3 is 2.84 bits per heavy atom. The van der Waals surface area contributed by atoms with E-state index in [2.05, 4.69) is 15.9 Å². The van der Waals surface area contributed by atoms with E-state index >= 15 is 0 Å². The number of halogens is 2. The van der Waals surface area contributed by atoms with Gasteiger partial charge in [-0.05, 0) is 28.4 Å². The highest BCUT2D eigenvalue weighted by Crippen LogP contribution is 2.36. The van der Waals surface area contributed by atoms with Crippen molar-refractivity contribution in [3.63, 3.8) is 0 Å². The first-order valence-corrected chi connectivity index (χ1v) is 6.00. The molecule has 1 amide bonds. The highest BCUT2D eigenvalue weighted by Gasteiger charge is 2.20. The van der Waals surface area contributed by atoms with E-state index in [1.54, 1.807) is 0 Å². The maximum Gasteiger partial charge on any atom is 0.315 e. The summed E-state index contributed by atoms with van der Waals surface area (Å²) in [5.41, 5.74) is 1.47. The molecule has 0 bridgehead atoms. The number of ether oxygens (including phenoxy) is 1. The molecule has 3 N–H and O–H groups in total. The number of hydrogen-bond donors (Lipinski definition) is 2. The number of nitrogens with zero attached hydrogens (tertiary/aromatic N) is 1. The molecule has 1 rings (SSSR count). The number of nitrogens with two attached hydrogens (primary N) is 1. The molecule has 0 saturated carbocycles. The Morgan fingerprint density at radius 2 is 2.26 bits per heavy atom. The first-order valence-electron chi connectivity index (χ1n) is 5.21. The van der Waals surface area contributed by atoms with Crippen LogP contribution in [0.3, 0.4) is 0 Å². The third kappa shape index (κ3) is 4.45. The second kappa shape index (κ2) is 7.00. The Balaban J connectivity index is 2.72. The molecule has 0 heterocycles. The van der Waals surface area contributed by atoms with Crippen LogP contribution in [0.25, 0.3) is 0 Å². The minimum atomic E-state index is -0.742. The van der Waals surface area contributed by atoms with E-state index in [0.717, 1.165) is 12.1 Å². The number of hydrogen-bond acceptors (Lipinski definition) is 5. The summed E-state index contributed by atoms with van der Waals surface area (Å²) in [5.74, 6) is 3.71. The third-order valence-corrected chi connectivity index (χ3v) is 2.73. The number of benzene rings is 1. The minimum absolute atomic E-state index is 0.0679. The molecule has 9 heteroatoms. The standard InChI is InChI=1S/C10H11BrFN3O4/c11-7-4-6(12)5-8(15(17)18)10(7)19-3-1-2-9(16)14-13/h4-5H,1-3,13H2,(H,14,16). The van der Waals surface area contributed by atoms with Crippen LogP contribution in [0.1, 0.15) is 12.8 Å². The van der Waals surface area contributed by atoms with E-state index in [-0.39, 0.29) is 29.2 Å². The Morgan fingerprint density at radius 1 is 1.58 bits per heavy atom. The molecular formula is C10H11BrFN3O4. The summed E-state index contributed by atoms with van der Waals surface area (Å²) in [6.45, 7) is 0.0679. The molecule has 19 heavy (non-hydrogen) atoms. The van der Waals surface area contributed by atoms with Gasteiger partial charge in [-0.15, -0.1) is 0 Å². The molecule has 0 aromatic heterocycles. The molecule has 0 saturated heterocycles. The fraction of sp³-hybridized carbons (Fsp3) is 0.300. The summed E-state index contributed by atoms with van der Waals surface area (Å²) in [5, 5.41) is 10.8. The number of carbonyl (C=O) groups is 1. The molecule has 0 aliphatic carbocycles. The normalized spacial score (nSPS) is 10.1. The van der Waals surface area contributed by atoms with Crippen LogP contribution in [0, 0.1) is 15.9 Å². The quantitative estimate of drug-likeness (QED) is 0.270. The Labute approximate surface area is 116 Å². The van der Waals surface area contributed by atoms with Gasteiger partial charge in [-0.25, -0.2) is 10.2 Å². The lowest BCUT2D eigenvalue weighted by Gasteiger charge is -2.08. The van der Waals surface area contributed by atoms with Crippen molar-refractivity contribution < 1.29 is 18.8 Å². The van der Waals surface area contributed by atoms with Gasteiger partial charge in [0.1, 0.15) is 5.82 Å². The van der Waals surface area contributed by atoms with E-state index in [0.29, 0.717) is 6.42 Å². The van der Waals surface area contributed by atoms with Gasteiger partial charge in [0.25, 0.3) is 0 Å². The summed E-state index contributed by atoms with van der Waals surface area (Å²) in [6, 6.07) is 1.83. The SMILES string of the molecule is NNC(=O)CCCOc1c(Br)cc(F)cc1[N+](=O)[O-]. The van der Waals surface area contributed by atoms with Crippen LogP contribution in [0.5, 0.6) is 5.75 Å². The van der Waals surface area contributed by atoms with Crippen LogP contribution in [0.4, 0.5) is 10.1 Å². The average Bonchev–Trinajstić information content (AvgIpc) is 2.35. The number of carbonyl (C=O) groups excluding carboxylic acids is 1. The number of hydrazine groups is 1. The lowest BCUT2D eigenvalue weighted by atomic mass is 10.3. The molecule has 0 unspecified atom stereocenters.